The van der Waals surface area contributed by atoms with Gasteiger partial charge in [-0.25, -0.2) is 4.98 Å². The number of aromatic nitrogens is 3. The Morgan fingerprint density at radius 2 is 1.97 bits per heavy atom. The van der Waals surface area contributed by atoms with E-state index in [9.17, 15) is 4.79 Å². The van der Waals surface area contributed by atoms with Crippen molar-refractivity contribution in [1.29, 1.82) is 0 Å². The number of rotatable bonds is 5. The van der Waals surface area contributed by atoms with Crippen LogP contribution in [0.2, 0.25) is 0 Å². The van der Waals surface area contributed by atoms with E-state index in [0.717, 1.165) is 24.2 Å². The second kappa shape index (κ2) is 6.43. The van der Waals surface area contributed by atoms with E-state index >= 15 is 0 Å². The molecule has 166 valence electrons. The van der Waals surface area contributed by atoms with Crippen LogP contribution >= 0.6 is 0 Å². The van der Waals surface area contributed by atoms with Gasteiger partial charge in [-0.15, -0.1) is 0 Å². The minimum absolute atomic E-state index is 0.105. The number of carbonyl (C=O) groups is 1. The first kappa shape index (κ1) is 19.5. The van der Waals surface area contributed by atoms with Crippen LogP contribution in [0.15, 0.2) is 36.7 Å². The van der Waals surface area contributed by atoms with Crippen molar-refractivity contribution in [2.45, 2.75) is 36.4 Å². The number of methoxy groups -OCH3 is 2. The van der Waals surface area contributed by atoms with E-state index in [1.54, 1.807) is 30.5 Å². The van der Waals surface area contributed by atoms with Crippen molar-refractivity contribution in [3.8, 4) is 11.6 Å². The van der Waals surface area contributed by atoms with Crippen molar-refractivity contribution in [3.63, 3.8) is 0 Å². The highest BCUT2D eigenvalue weighted by Gasteiger charge is 2.77. The third-order valence-corrected chi connectivity index (χ3v) is 7.02. The maximum atomic E-state index is 13.0. The number of imidazole rings is 1. The van der Waals surface area contributed by atoms with Gasteiger partial charge in [0.2, 0.25) is 5.88 Å². The summed E-state index contributed by atoms with van der Waals surface area (Å²) < 4.78 is 24.5. The topological polar surface area (TPSA) is 96.2 Å². The zero-order valence-electron chi connectivity index (χ0n) is 18.2. The zero-order chi connectivity index (χ0) is 22.1. The van der Waals surface area contributed by atoms with E-state index in [0.29, 0.717) is 36.2 Å². The van der Waals surface area contributed by atoms with Crippen LogP contribution in [0.1, 0.15) is 35.8 Å². The number of amides is 1. The summed E-state index contributed by atoms with van der Waals surface area (Å²) in [4.78, 5) is 22.2. The quantitative estimate of drug-likeness (QED) is 0.657. The molecular formula is C23H24N4O5. The SMILES string of the molecule is COc1cccc(NC(=O)c2cn3cc(C45CC(C)(C4)OC54COC4)nc3cc2OC)n1. The number of pyridine rings is 2. The fourth-order valence-electron chi connectivity index (χ4n) is 5.59. The predicted molar refractivity (Wildman–Crippen MR) is 114 cm³/mol. The third kappa shape index (κ3) is 2.55. The molecule has 1 aliphatic carbocycles. The molecule has 0 atom stereocenters. The van der Waals surface area contributed by atoms with Crippen molar-refractivity contribution in [2.75, 3.05) is 32.8 Å². The Labute approximate surface area is 184 Å². The molecule has 3 aromatic heterocycles. The second-order valence-corrected chi connectivity index (χ2v) is 9.14. The summed E-state index contributed by atoms with van der Waals surface area (Å²) in [7, 11) is 3.07. The molecule has 4 fully saturated rings. The standard InChI is InChI=1S/C23H24N4O5/c1-21-10-22(11-21,23(32-21)12-31-13-23)16-9-27-8-14(15(29-2)7-18(27)24-16)20(28)26-17-5-4-6-19(25-17)30-3/h4-9H,10-13H2,1-3H3,(H,25,26,28). The van der Waals surface area contributed by atoms with Gasteiger partial charge in [0, 0.05) is 24.5 Å². The number of hydrogen-bond donors (Lipinski definition) is 1. The summed E-state index contributed by atoms with van der Waals surface area (Å²) in [6.07, 6.45) is 5.61. The summed E-state index contributed by atoms with van der Waals surface area (Å²) in [6.45, 7) is 3.36. The lowest BCUT2D eigenvalue weighted by Gasteiger charge is -2.49. The van der Waals surface area contributed by atoms with Gasteiger partial charge in [-0.2, -0.15) is 4.98 Å². The van der Waals surface area contributed by atoms with E-state index in [1.165, 1.54) is 14.2 Å². The lowest BCUT2D eigenvalue weighted by molar-refractivity contribution is -0.204. The molecule has 1 spiro atoms. The van der Waals surface area contributed by atoms with Crippen molar-refractivity contribution in [1.82, 2.24) is 14.4 Å². The maximum absolute atomic E-state index is 13.0. The Kier molecular flexibility index (Phi) is 3.92. The summed E-state index contributed by atoms with van der Waals surface area (Å²) >= 11 is 0. The lowest BCUT2D eigenvalue weighted by atomic mass is 9.54. The van der Waals surface area contributed by atoms with Gasteiger partial charge in [0.15, 0.2) is 0 Å². The van der Waals surface area contributed by atoms with E-state index < -0.39 is 0 Å². The third-order valence-electron chi connectivity index (χ3n) is 7.02. The number of hydrogen-bond acceptors (Lipinski definition) is 7. The maximum Gasteiger partial charge on any atom is 0.262 e. The summed E-state index contributed by atoms with van der Waals surface area (Å²) in [5.74, 6) is 0.923. The summed E-state index contributed by atoms with van der Waals surface area (Å²) in [5, 5.41) is 2.81. The molecule has 1 amide bonds. The minimum atomic E-state index is -0.331. The molecule has 4 aliphatic rings. The molecule has 9 nitrogen and oxygen atoms in total. The van der Waals surface area contributed by atoms with Crippen LogP contribution in [-0.4, -0.2) is 58.9 Å². The van der Waals surface area contributed by atoms with Crippen molar-refractivity contribution >= 4 is 17.4 Å². The van der Waals surface area contributed by atoms with Gasteiger partial charge >= 0.3 is 0 Å². The van der Waals surface area contributed by atoms with Gasteiger partial charge in [-0.3, -0.25) is 4.79 Å². The molecule has 0 radical (unpaired) electrons. The van der Waals surface area contributed by atoms with Crippen molar-refractivity contribution in [2.24, 2.45) is 0 Å². The minimum Gasteiger partial charge on any atom is -0.496 e. The number of nitrogens with one attached hydrogen (secondary N) is 1. The highest BCUT2D eigenvalue weighted by atomic mass is 16.6. The van der Waals surface area contributed by atoms with Crippen LogP contribution in [0, 0.1) is 0 Å². The molecule has 9 heteroatoms. The zero-order valence-corrected chi connectivity index (χ0v) is 18.2. The van der Waals surface area contributed by atoms with Crippen LogP contribution in [0.3, 0.4) is 0 Å². The first-order valence-electron chi connectivity index (χ1n) is 10.6. The van der Waals surface area contributed by atoms with Crippen LogP contribution < -0.4 is 14.8 Å². The fraction of sp³-hybridized carbons (Fsp3) is 0.435. The summed E-state index contributed by atoms with van der Waals surface area (Å²) in [6, 6.07) is 6.96. The molecule has 1 saturated carbocycles. The van der Waals surface area contributed by atoms with Crippen LogP contribution in [0.4, 0.5) is 5.82 Å². The average Bonchev–Trinajstić information content (AvgIpc) is 3.37. The monoisotopic (exact) mass is 436 g/mol. The van der Waals surface area contributed by atoms with Crippen LogP contribution in [-0.2, 0) is 14.9 Å². The van der Waals surface area contributed by atoms with E-state index in [-0.39, 0.29) is 22.5 Å². The van der Waals surface area contributed by atoms with Gasteiger partial charge in [0.1, 0.15) is 22.8 Å². The Hall–Kier alpha value is -3.17. The molecule has 32 heavy (non-hydrogen) atoms. The van der Waals surface area contributed by atoms with Gasteiger partial charge in [-0.05, 0) is 25.8 Å². The largest absolute Gasteiger partial charge is 0.496 e. The van der Waals surface area contributed by atoms with Crippen molar-refractivity contribution in [3.05, 3.63) is 47.9 Å². The van der Waals surface area contributed by atoms with Gasteiger partial charge < -0.3 is 28.7 Å². The Balaban J connectivity index is 1.36. The van der Waals surface area contributed by atoms with E-state index in [2.05, 4.69) is 17.2 Å². The summed E-state index contributed by atoms with van der Waals surface area (Å²) in [5.41, 5.74) is 1.54. The van der Waals surface area contributed by atoms with Crippen LogP contribution in [0.5, 0.6) is 11.6 Å². The molecule has 2 bridgehead atoms. The molecule has 1 N–H and O–H groups in total. The molecule has 7 rings (SSSR count). The first-order chi connectivity index (χ1) is 15.4. The normalized spacial score (nSPS) is 27.1. The predicted octanol–water partition coefficient (Wildman–Crippen LogP) is 2.59. The van der Waals surface area contributed by atoms with Crippen molar-refractivity contribution < 1.29 is 23.7 Å². The second-order valence-electron chi connectivity index (χ2n) is 9.14. The molecule has 0 aromatic carbocycles. The number of carbonyl (C=O) groups excluding carboxylic acids is 1. The lowest BCUT2D eigenvalue weighted by Crippen LogP contribution is -2.62. The number of nitrogens with zero attached hydrogens (tertiary/aromatic N) is 3. The fourth-order valence-corrected chi connectivity index (χ4v) is 5.59. The molecular weight excluding hydrogens is 412 g/mol. The molecule has 3 aliphatic heterocycles. The van der Waals surface area contributed by atoms with Gasteiger partial charge in [0.05, 0.1) is 49.7 Å². The van der Waals surface area contributed by atoms with Gasteiger partial charge in [-0.1, -0.05) is 6.07 Å². The number of anilines is 1. The first-order valence-corrected chi connectivity index (χ1v) is 10.6. The Bertz CT molecular complexity index is 1240. The highest BCUT2D eigenvalue weighted by molar-refractivity contribution is 6.05. The van der Waals surface area contributed by atoms with Gasteiger partial charge in [0.25, 0.3) is 5.91 Å². The molecule has 6 heterocycles. The smallest absolute Gasteiger partial charge is 0.262 e. The molecule has 0 unspecified atom stereocenters. The number of fused-ring (bicyclic) bond motifs is 1. The number of ether oxygens (including phenoxy) is 4. The Morgan fingerprint density at radius 3 is 2.66 bits per heavy atom. The Morgan fingerprint density at radius 1 is 1.16 bits per heavy atom. The van der Waals surface area contributed by atoms with E-state index in [1.807, 2.05) is 10.6 Å². The average molecular weight is 436 g/mol. The highest BCUT2D eigenvalue weighted by Crippen LogP contribution is 2.68. The van der Waals surface area contributed by atoms with Crippen LogP contribution in [0.25, 0.3) is 5.65 Å². The van der Waals surface area contributed by atoms with E-state index in [4.69, 9.17) is 23.9 Å². The molecule has 3 aromatic rings. The molecule has 3 saturated heterocycles.